The maximum Gasteiger partial charge on any atom is 0.586 e. The lowest BCUT2D eigenvalue weighted by Crippen LogP contribution is -2.47. The zero-order valence-corrected chi connectivity index (χ0v) is 15.9. The number of nitrogens with one attached hydrogen (secondary N) is 1. The molecular weight excluding hydrogens is 389 g/mol. The average molecular weight is 413 g/mol. The molecule has 3 aliphatic heterocycles. The van der Waals surface area contributed by atoms with Crippen molar-refractivity contribution in [2.75, 3.05) is 39.4 Å². The molecule has 0 spiro atoms. The lowest BCUT2D eigenvalue weighted by molar-refractivity contribution is -0.286. The number of benzene rings is 1. The summed E-state index contributed by atoms with van der Waals surface area (Å²) in [5.41, 5.74) is 1.02. The quantitative estimate of drug-likeness (QED) is 0.825. The SMILES string of the molecule is Cl.Cl.FC1(F)Oc2ccc([C@@H](C3CCOCC3)N3CCNCC3)cc2O1. The van der Waals surface area contributed by atoms with Gasteiger partial charge in [0, 0.05) is 45.4 Å². The van der Waals surface area contributed by atoms with E-state index in [1.807, 2.05) is 6.07 Å². The van der Waals surface area contributed by atoms with Gasteiger partial charge in [0.1, 0.15) is 0 Å². The molecule has 26 heavy (non-hydrogen) atoms. The second kappa shape index (κ2) is 8.89. The molecule has 1 atom stereocenters. The van der Waals surface area contributed by atoms with Crippen molar-refractivity contribution in [1.82, 2.24) is 10.2 Å². The van der Waals surface area contributed by atoms with E-state index in [2.05, 4.69) is 19.7 Å². The van der Waals surface area contributed by atoms with Gasteiger partial charge in [0.15, 0.2) is 11.5 Å². The van der Waals surface area contributed by atoms with Gasteiger partial charge in [-0.2, -0.15) is 0 Å². The number of nitrogens with zero attached hydrogens (tertiary/aromatic N) is 1. The third-order valence-corrected chi connectivity index (χ3v) is 5.02. The summed E-state index contributed by atoms with van der Waals surface area (Å²) >= 11 is 0. The van der Waals surface area contributed by atoms with Gasteiger partial charge in [0.05, 0.1) is 0 Å². The van der Waals surface area contributed by atoms with Crippen LogP contribution in [0.3, 0.4) is 0 Å². The van der Waals surface area contributed by atoms with Crippen molar-refractivity contribution >= 4 is 24.8 Å². The molecule has 3 heterocycles. The molecule has 0 saturated carbocycles. The molecule has 3 aliphatic rings. The summed E-state index contributed by atoms with van der Waals surface area (Å²) in [5, 5.41) is 3.37. The van der Waals surface area contributed by atoms with Gasteiger partial charge in [-0.1, -0.05) is 6.07 Å². The van der Waals surface area contributed by atoms with Gasteiger partial charge >= 0.3 is 6.29 Å². The highest BCUT2D eigenvalue weighted by molar-refractivity contribution is 5.85. The number of rotatable bonds is 3. The van der Waals surface area contributed by atoms with Crippen LogP contribution in [-0.4, -0.2) is 50.6 Å². The fourth-order valence-corrected chi connectivity index (χ4v) is 3.92. The smallest absolute Gasteiger partial charge is 0.395 e. The van der Waals surface area contributed by atoms with Crippen molar-refractivity contribution in [2.45, 2.75) is 25.2 Å². The molecule has 0 aromatic heterocycles. The number of hydrogen-bond donors (Lipinski definition) is 1. The molecule has 0 unspecified atom stereocenters. The van der Waals surface area contributed by atoms with E-state index in [4.69, 9.17) is 4.74 Å². The first-order valence-corrected chi connectivity index (χ1v) is 8.55. The number of alkyl halides is 2. The van der Waals surface area contributed by atoms with E-state index < -0.39 is 6.29 Å². The summed E-state index contributed by atoms with van der Waals surface area (Å²) < 4.78 is 41.3. The molecule has 1 aromatic rings. The largest absolute Gasteiger partial charge is 0.586 e. The van der Waals surface area contributed by atoms with Crippen LogP contribution in [0.2, 0.25) is 0 Å². The van der Waals surface area contributed by atoms with E-state index >= 15 is 0 Å². The van der Waals surface area contributed by atoms with Crippen LogP contribution in [0, 0.1) is 5.92 Å². The maximum atomic E-state index is 13.3. The maximum absolute atomic E-state index is 13.3. The number of hydrogen-bond acceptors (Lipinski definition) is 5. The summed E-state index contributed by atoms with van der Waals surface area (Å²) in [4.78, 5) is 2.45. The van der Waals surface area contributed by atoms with Gasteiger partial charge in [0.2, 0.25) is 0 Å². The Morgan fingerprint density at radius 3 is 2.38 bits per heavy atom. The van der Waals surface area contributed by atoms with Crippen molar-refractivity contribution in [2.24, 2.45) is 5.92 Å². The van der Waals surface area contributed by atoms with Gasteiger partial charge in [-0.3, -0.25) is 4.90 Å². The van der Waals surface area contributed by atoms with E-state index in [1.165, 1.54) is 0 Å². The zero-order chi connectivity index (χ0) is 16.6. The first-order chi connectivity index (χ1) is 11.6. The predicted octanol–water partition coefficient (Wildman–Crippen LogP) is 3.22. The first-order valence-electron chi connectivity index (χ1n) is 8.55. The summed E-state index contributed by atoms with van der Waals surface area (Å²) in [6.07, 6.45) is -1.59. The van der Waals surface area contributed by atoms with Crippen LogP contribution < -0.4 is 14.8 Å². The molecule has 5 nitrogen and oxygen atoms in total. The van der Waals surface area contributed by atoms with Crippen LogP contribution >= 0.6 is 24.8 Å². The van der Waals surface area contributed by atoms with E-state index in [-0.39, 0.29) is 42.4 Å². The molecule has 4 rings (SSSR count). The minimum Gasteiger partial charge on any atom is -0.395 e. The fraction of sp³-hybridized carbons (Fsp3) is 0.647. The molecule has 1 aromatic carbocycles. The number of fused-ring (bicyclic) bond motifs is 1. The molecule has 1 N–H and O–H groups in total. The molecule has 0 bridgehead atoms. The normalized spacial score (nSPS) is 23.6. The summed E-state index contributed by atoms with van der Waals surface area (Å²) in [7, 11) is 0. The van der Waals surface area contributed by atoms with E-state index in [0.29, 0.717) is 5.92 Å². The molecule has 2 fully saturated rings. The molecule has 9 heteroatoms. The van der Waals surface area contributed by atoms with Crippen LogP contribution in [0.4, 0.5) is 8.78 Å². The Labute approximate surface area is 164 Å². The number of halogens is 4. The van der Waals surface area contributed by atoms with Crippen molar-refractivity contribution in [3.8, 4) is 11.5 Å². The van der Waals surface area contributed by atoms with Gasteiger partial charge in [0.25, 0.3) is 0 Å². The summed E-state index contributed by atoms with van der Waals surface area (Å²) in [6.45, 7) is 5.32. The molecule has 2 saturated heterocycles. The minimum atomic E-state index is -3.57. The Hall–Kier alpha value is -0.860. The van der Waals surface area contributed by atoms with Crippen molar-refractivity contribution in [3.63, 3.8) is 0 Å². The van der Waals surface area contributed by atoms with Crippen LogP contribution in [0.5, 0.6) is 11.5 Å². The monoisotopic (exact) mass is 412 g/mol. The first kappa shape index (κ1) is 21.4. The summed E-state index contributed by atoms with van der Waals surface area (Å²) in [6, 6.07) is 5.41. The van der Waals surface area contributed by atoms with Crippen LogP contribution in [0.1, 0.15) is 24.4 Å². The topological polar surface area (TPSA) is 43.0 Å². The highest BCUT2D eigenvalue weighted by Gasteiger charge is 2.44. The van der Waals surface area contributed by atoms with Crippen molar-refractivity contribution in [1.29, 1.82) is 0 Å². The van der Waals surface area contributed by atoms with Gasteiger partial charge in [-0.05, 0) is 36.5 Å². The number of ether oxygens (including phenoxy) is 3. The third-order valence-electron chi connectivity index (χ3n) is 5.02. The lowest BCUT2D eigenvalue weighted by atomic mass is 9.85. The van der Waals surface area contributed by atoms with Gasteiger partial charge < -0.3 is 19.5 Å². The molecule has 148 valence electrons. The van der Waals surface area contributed by atoms with Crippen LogP contribution in [0.15, 0.2) is 18.2 Å². The van der Waals surface area contributed by atoms with Crippen molar-refractivity contribution in [3.05, 3.63) is 23.8 Å². The Bertz CT molecular complexity index is 579. The molecule has 0 amide bonds. The molecule has 0 aliphatic carbocycles. The van der Waals surface area contributed by atoms with Crippen LogP contribution in [-0.2, 0) is 4.74 Å². The Balaban J connectivity index is 0.00000121. The number of piperazine rings is 1. The van der Waals surface area contributed by atoms with E-state index in [1.54, 1.807) is 12.1 Å². The molecule has 0 radical (unpaired) electrons. The Kier molecular flexibility index (Phi) is 7.33. The van der Waals surface area contributed by atoms with Crippen molar-refractivity contribution < 1.29 is 23.0 Å². The minimum absolute atomic E-state index is 0. The summed E-state index contributed by atoms with van der Waals surface area (Å²) in [5.74, 6) is 0.692. The standard InChI is InChI=1S/C17H22F2N2O3.2ClH/c18-17(19)23-14-2-1-13(11-15(14)24-17)16(12-3-9-22-10-4-12)21-7-5-20-6-8-21;;/h1-2,11-12,16,20H,3-10H2;2*1H/t16-;;/m1../s1. The second-order valence-corrected chi connectivity index (χ2v) is 6.55. The van der Waals surface area contributed by atoms with Gasteiger partial charge in [-0.15, -0.1) is 33.6 Å². The van der Waals surface area contributed by atoms with E-state index in [9.17, 15) is 8.78 Å². The van der Waals surface area contributed by atoms with E-state index in [0.717, 1.165) is 57.8 Å². The third kappa shape index (κ3) is 4.51. The van der Waals surface area contributed by atoms with Crippen LogP contribution in [0.25, 0.3) is 0 Å². The highest BCUT2D eigenvalue weighted by atomic mass is 35.5. The average Bonchev–Trinajstić information content (AvgIpc) is 2.90. The fourth-order valence-electron chi connectivity index (χ4n) is 3.92. The zero-order valence-electron chi connectivity index (χ0n) is 14.3. The molecular formula is C17H24Cl2F2N2O3. The Morgan fingerprint density at radius 1 is 1.04 bits per heavy atom. The predicted molar refractivity (Wildman–Crippen MR) is 97.9 cm³/mol. The second-order valence-electron chi connectivity index (χ2n) is 6.55. The van der Waals surface area contributed by atoms with Gasteiger partial charge in [-0.25, -0.2) is 0 Å². The Morgan fingerprint density at radius 2 is 1.69 bits per heavy atom. The lowest BCUT2D eigenvalue weighted by Gasteiger charge is -2.41. The highest BCUT2D eigenvalue weighted by Crippen LogP contribution is 2.44.